The number of methoxy groups -OCH3 is 2. The molecule has 2 heterocycles. The zero-order valence-corrected chi connectivity index (χ0v) is 16.1. The van der Waals surface area contributed by atoms with E-state index in [9.17, 15) is 4.79 Å². The summed E-state index contributed by atoms with van der Waals surface area (Å²) >= 11 is 1.42. The van der Waals surface area contributed by atoms with E-state index >= 15 is 0 Å². The average Bonchev–Trinajstić information content (AvgIpc) is 2.81. The van der Waals surface area contributed by atoms with Crippen molar-refractivity contribution in [2.45, 2.75) is 37.0 Å². The van der Waals surface area contributed by atoms with Crippen molar-refractivity contribution < 1.29 is 14.3 Å². The van der Waals surface area contributed by atoms with Gasteiger partial charge in [-0.1, -0.05) is 30.0 Å². The van der Waals surface area contributed by atoms with Crippen LogP contribution in [0.15, 0.2) is 36.9 Å². The first kappa shape index (κ1) is 17.9. The van der Waals surface area contributed by atoms with Gasteiger partial charge in [0.1, 0.15) is 5.54 Å². The van der Waals surface area contributed by atoms with Gasteiger partial charge in [0, 0.05) is 6.54 Å². The molecule has 5 heteroatoms. The van der Waals surface area contributed by atoms with Crippen LogP contribution < -0.4 is 9.47 Å². The molecule has 134 valence electrons. The molecule has 3 rings (SSSR count). The number of carbonyl (C=O) groups excluding carboxylic acids is 1. The molecule has 2 aliphatic rings. The fourth-order valence-electron chi connectivity index (χ4n) is 4.24. The molecule has 0 radical (unpaired) electrons. The van der Waals surface area contributed by atoms with Gasteiger partial charge in [-0.25, -0.2) is 0 Å². The van der Waals surface area contributed by atoms with E-state index in [0.717, 1.165) is 24.2 Å². The Morgan fingerprint density at radius 1 is 1.32 bits per heavy atom. The second kappa shape index (κ2) is 6.45. The van der Waals surface area contributed by atoms with Crippen molar-refractivity contribution in [2.24, 2.45) is 0 Å². The quantitative estimate of drug-likeness (QED) is 0.724. The van der Waals surface area contributed by atoms with Gasteiger partial charge in [-0.2, -0.15) is 0 Å². The molecule has 0 saturated carbocycles. The summed E-state index contributed by atoms with van der Waals surface area (Å²) in [5.41, 5.74) is 1.82. The molecule has 0 N–H and O–H groups in total. The summed E-state index contributed by atoms with van der Waals surface area (Å²) < 4.78 is 10.7. The second-order valence-corrected chi connectivity index (χ2v) is 8.08. The smallest absolute Gasteiger partial charge is 0.283 e. The highest BCUT2D eigenvalue weighted by atomic mass is 32.2. The predicted octanol–water partition coefficient (Wildman–Crippen LogP) is 4.53. The van der Waals surface area contributed by atoms with Crippen molar-refractivity contribution in [3.8, 4) is 11.5 Å². The summed E-state index contributed by atoms with van der Waals surface area (Å²) in [6.45, 7) is 8.79. The molecule has 0 unspecified atom stereocenters. The Balaban J connectivity index is 2.32. The third-order valence-corrected chi connectivity index (χ3v) is 6.65. The molecule has 1 aromatic carbocycles. The maximum absolute atomic E-state index is 12.8. The molecular formula is C20H25NO3S. The van der Waals surface area contributed by atoms with Crippen molar-refractivity contribution in [1.29, 1.82) is 0 Å². The van der Waals surface area contributed by atoms with Crippen LogP contribution in [0.4, 0.5) is 4.79 Å². The van der Waals surface area contributed by atoms with Crippen molar-refractivity contribution in [2.75, 3.05) is 20.8 Å². The van der Waals surface area contributed by atoms with Gasteiger partial charge in [-0.3, -0.25) is 4.79 Å². The summed E-state index contributed by atoms with van der Waals surface area (Å²) in [6.07, 6.45) is 7.66. The van der Waals surface area contributed by atoms with Crippen molar-refractivity contribution >= 4 is 17.0 Å². The van der Waals surface area contributed by atoms with Gasteiger partial charge >= 0.3 is 0 Å². The molecule has 25 heavy (non-hydrogen) atoms. The Morgan fingerprint density at radius 3 is 2.60 bits per heavy atom. The SMILES string of the molecule is C=CC[C@@]1(C)SC(=O)N2CCc3cc(OC)c(OC)cc3[C@@]21/C=C/C. The molecular weight excluding hydrogens is 334 g/mol. The number of carbonyl (C=O) groups is 1. The highest BCUT2D eigenvalue weighted by Gasteiger charge is 2.61. The van der Waals surface area contributed by atoms with Gasteiger partial charge in [0.2, 0.25) is 0 Å². The topological polar surface area (TPSA) is 38.8 Å². The zero-order chi connectivity index (χ0) is 18.2. The lowest BCUT2D eigenvalue weighted by Gasteiger charge is -2.48. The molecule has 1 fully saturated rings. The van der Waals surface area contributed by atoms with Crippen molar-refractivity contribution in [1.82, 2.24) is 4.90 Å². The minimum Gasteiger partial charge on any atom is -0.493 e. The van der Waals surface area contributed by atoms with Crippen LogP contribution in [0.25, 0.3) is 0 Å². The molecule has 1 amide bonds. The van der Waals surface area contributed by atoms with Gasteiger partial charge in [-0.05, 0) is 49.9 Å². The number of nitrogens with zero attached hydrogens (tertiary/aromatic N) is 1. The number of hydrogen-bond donors (Lipinski definition) is 0. The molecule has 1 aromatic rings. The summed E-state index contributed by atoms with van der Waals surface area (Å²) in [4.78, 5) is 14.8. The first-order valence-corrected chi connectivity index (χ1v) is 9.29. The van der Waals surface area contributed by atoms with Crippen LogP contribution >= 0.6 is 11.8 Å². The van der Waals surface area contributed by atoms with Gasteiger partial charge in [0.05, 0.1) is 19.0 Å². The van der Waals surface area contributed by atoms with Crippen molar-refractivity contribution in [3.05, 3.63) is 48.1 Å². The molecule has 4 nitrogen and oxygen atoms in total. The lowest BCUT2D eigenvalue weighted by atomic mass is 9.71. The number of allylic oxidation sites excluding steroid dienone is 2. The maximum Gasteiger partial charge on any atom is 0.283 e. The largest absolute Gasteiger partial charge is 0.493 e. The van der Waals surface area contributed by atoms with Crippen LogP contribution in [0.1, 0.15) is 31.4 Å². The van der Waals surface area contributed by atoms with E-state index in [1.165, 1.54) is 17.3 Å². The Bertz CT molecular complexity index is 745. The van der Waals surface area contributed by atoms with E-state index < -0.39 is 5.54 Å². The normalized spacial score (nSPS) is 28.0. The first-order chi connectivity index (χ1) is 12.0. The minimum absolute atomic E-state index is 0.128. The van der Waals surface area contributed by atoms with E-state index in [1.807, 2.05) is 30.0 Å². The first-order valence-electron chi connectivity index (χ1n) is 8.48. The number of amides is 1. The number of hydrogen-bond acceptors (Lipinski definition) is 4. The van der Waals surface area contributed by atoms with Crippen LogP contribution in [-0.4, -0.2) is 35.7 Å². The fourth-order valence-corrected chi connectivity index (χ4v) is 5.61. The molecule has 0 aliphatic carbocycles. The van der Waals surface area contributed by atoms with Crippen LogP contribution in [0, 0.1) is 0 Å². The van der Waals surface area contributed by atoms with E-state index in [0.29, 0.717) is 12.3 Å². The van der Waals surface area contributed by atoms with Crippen LogP contribution in [0.3, 0.4) is 0 Å². The Labute approximate surface area is 153 Å². The van der Waals surface area contributed by atoms with E-state index in [-0.39, 0.29) is 9.99 Å². The summed E-state index contributed by atoms with van der Waals surface area (Å²) in [5.74, 6) is 1.42. The lowest BCUT2D eigenvalue weighted by molar-refractivity contribution is 0.138. The fraction of sp³-hybridized carbons (Fsp3) is 0.450. The van der Waals surface area contributed by atoms with E-state index in [4.69, 9.17) is 9.47 Å². The Kier molecular flexibility index (Phi) is 4.62. The van der Waals surface area contributed by atoms with E-state index in [1.54, 1.807) is 14.2 Å². The number of thioether (sulfide) groups is 1. The van der Waals surface area contributed by atoms with Crippen LogP contribution in [-0.2, 0) is 12.0 Å². The third-order valence-electron chi connectivity index (χ3n) is 5.33. The van der Waals surface area contributed by atoms with Gasteiger partial charge in [-0.15, -0.1) is 6.58 Å². The second-order valence-electron chi connectivity index (χ2n) is 6.62. The maximum atomic E-state index is 12.8. The van der Waals surface area contributed by atoms with Crippen LogP contribution in [0.5, 0.6) is 11.5 Å². The zero-order valence-electron chi connectivity index (χ0n) is 15.3. The summed E-state index contributed by atoms with van der Waals surface area (Å²) in [7, 11) is 3.29. The van der Waals surface area contributed by atoms with Crippen LogP contribution in [0.2, 0.25) is 0 Å². The average molecular weight is 359 g/mol. The predicted molar refractivity (Wildman–Crippen MR) is 103 cm³/mol. The third kappa shape index (κ3) is 2.40. The monoisotopic (exact) mass is 359 g/mol. The van der Waals surface area contributed by atoms with Gasteiger partial charge in [0.25, 0.3) is 5.24 Å². The molecule has 2 atom stereocenters. The number of fused-ring (bicyclic) bond motifs is 3. The molecule has 2 aliphatic heterocycles. The van der Waals surface area contributed by atoms with Gasteiger partial charge in [0.15, 0.2) is 11.5 Å². The Hall–Kier alpha value is -1.88. The molecule has 1 saturated heterocycles. The van der Waals surface area contributed by atoms with Crippen molar-refractivity contribution in [3.63, 3.8) is 0 Å². The number of benzene rings is 1. The number of rotatable bonds is 5. The molecule has 0 bridgehead atoms. The Morgan fingerprint density at radius 2 is 2.00 bits per heavy atom. The highest BCUT2D eigenvalue weighted by Crippen LogP contribution is 2.60. The summed E-state index contributed by atoms with van der Waals surface area (Å²) in [5, 5.41) is 0.128. The van der Waals surface area contributed by atoms with E-state index in [2.05, 4.69) is 25.6 Å². The minimum atomic E-state index is -0.509. The molecule has 0 spiro atoms. The highest BCUT2D eigenvalue weighted by molar-refractivity contribution is 8.15. The summed E-state index contributed by atoms with van der Waals surface area (Å²) in [6, 6.07) is 4.10. The standard InChI is InChI=1S/C20H25NO3S/c1-6-9-19(3)20(10-7-2)15-13-17(24-5)16(23-4)12-14(15)8-11-21(20)18(22)25-19/h6-7,10,12-13H,1,8-9,11H2,2-5H3/b10-7+/t19-,20-/m1/s1. The van der Waals surface area contributed by atoms with Gasteiger partial charge < -0.3 is 14.4 Å². The number of ether oxygens (including phenoxy) is 2. The lowest BCUT2D eigenvalue weighted by Crippen LogP contribution is -2.55. The molecule has 0 aromatic heterocycles.